The summed E-state index contributed by atoms with van der Waals surface area (Å²) >= 11 is 9.37. The first-order valence-electron chi connectivity index (χ1n) is 24.6. The number of carbonyl (C=O) groups excluding carboxylic acids is 4. The number of carbonyl (C=O) groups is 4. The van der Waals surface area contributed by atoms with Crippen molar-refractivity contribution in [3.05, 3.63) is 90.7 Å². The van der Waals surface area contributed by atoms with Crippen molar-refractivity contribution in [2.75, 3.05) is 37.6 Å². The first-order valence-corrected chi connectivity index (χ1v) is 27.3. The van der Waals surface area contributed by atoms with Crippen LogP contribution in [0.15, 0.2) is 37.2 Å². The Kier molecular flexibility index (Phi) is 20.1. The van der Waals surface area contributed by atoms with Crippen LogP contribution in [0.5, 0.6) is 0 Å². The van der Waals surface area contributed by atoms with Crippen molar-refractivity contribution in [3.8, 4) is 0 Å². The van der Waals surface area contributed by atoms with Gasteiger partial charge in [0.1, 0.15) is 57.6 Å². The Morgan fingerprint density at radius 2 is 1.19 bits per heavy atom. The molecular weight excluding hydrogens is 1160 g/mol. The van der Waals surface area contributed by atoms with Crippen molar-refractivity contribution in [1.29, 1.82) is 0 Å². The molecule has 0 aromatic carbocycles. The second-order valence-corrected chi connectivity index (χ2v) is 22.0. The number of Topliss-reactive ketones (excluding diaryl/α,β-unsaturated/α-hetero) is 1. The van der Waals surface area contributed by atoms with Crippen LogP contribution in [-0.2, 0) is 43.6 Å². The predicted octanol–water partition coefficient (Wildman–Crippen LogP) is 10.1. The summed E-state index contributed by atoms with van der Waals surface area (Å²) in [5.41, 5.74) is 3.72. The van der Waals surface area contributed by atoms with Gasteiger partial charge in [0.05, 0.1) is 30.2 Å². The average Bonchev–Trinajstić information content (AvgIpc) is 4.26. The van der Waals surface area contributed by atoms with Crippen LogP contribution in [-0.4, -0.2) is 128 Å². The molecule has 32 heteroatoms. The van der Waals surface area contributed by atoms with Crippen molar-refractivity contribution in [2.24, 2.45) is 0 Å². The standard InChI is InChI=1S/C17H16F3N5OS.C15H20F3N3O3S.C10H12F3N3OS.C6H4ClN3/c18-17(19,20)5-1-2-12(26)14-11-8-25(7-4-13(11)27-24-14)16-10-3-6-21-15(10)22-9-23-16;1-14(2,3)24-13(23)21-7-4-10-9(8-21)11(20-25-10)12(22)19-6-5-15(16,17)18;11-10(12,13)2-4-15-9(17)8-6-5-14-3-1-7(6)18-16-8;7-5-4-1-2-8-6(4)10-3-9-5/h3,6,9H,1-2,4-5,7-8H2,(H,21,22,23);4-8H2,1-3H3,(H,19,22);14H,1-5H2,(H,15,17);1-3H,(H,8,9,10). The number of H-pyrrole nitrogens is 2. The average molecular weight is 1210 g/mol. The van der Waals surface area contributed by atoms with Gasteiger partial charge in [-0.3, -0.25) is 14.4 Å². The second kappa shape index (κ2) is 26.3. The van der Waals surface area contributed by atoms with Gasteiger partial charge in [0.2, 0.25) is 0 Å². The molecule has 19 nitrogen and oxygen atoms in total. The summed E-state index contributed by atoms with van der Waals surface area (Å²) in [5.74, 6) is -0.741. The molecule has 0 fully saturated rings. The topological polar surface area (TPSA) is 242 Å². The number of rotatable bonds is 11. The Labute approximate surface area is 467 Å². The molecule has 7 aromatic heterocycles. The molecule has 10 rings (SSSR count). The van der Waals surface area contributed by atoms with Gasteiger partial charge in [-0.05, 0) is 80.3 Å². The molecule has 3 aliphatic rings. The lowest BCUT2D eigenvalue weighted by atomic mass is 10.0. The second-order valence-electron chi connectivity index (χ2n) is 19.0. The van der Waals surface area contributed by atoms with Crippen LogP contribution in [0.4, 0.5) is 50.1 Å². The molecule has 0 spiro atoms. The first-order chi connectivity index (χ1) is 37.7. The van der Waals surface area contributed by atoms with E-state index < -0.39 is 74.4 Å². The molecule has 0 bridgehead atoms. The van der Waals surface area contributed by atoms with E-state index in [9.17, 15) is 58.7 Å². The van der Waals surface area contributed by atoms with Gasteiger partial charge in [0, 0.05) is 115 Å². The molecule has 3 amide bonds. The Morgan fingerprint density at radius 3 is 1.77 bits per heavy atom. The third-order valence-electron chi connectivity index (χ3n) is 11.9. The number of anilines is 1. The van der Waals surface area contributed by atoms with Crippen molar-refractivity contribution in [2.45, 2.75) is 116 Å². The molecule has 80 heavy (non-hydrogen) atoms. The lowest BCUT2D eigenvalue weighted by Crippen LogP contribution is -2.40. The summed E-state index contributed by atoms with van der Waals surface area (Å²) in [5, 5.41) is 9.83. The van der Waals surface area contributed by atoms with Gasteiger partial charge in [-0.1, -0.05) is 11.6 Å². The fourth-order valence-corrected chi connectivity index (χ4v) is 10.9. The van der Waals surface area contributed by atoms with E-state index in [1.807, 2.05) is 12.1 Å². The number of aromatic nitrogens is 9. The minimum Gasteiger partial charge on any atom is -0.444 e. The van der Waals surface area contributed by atoms with Gasteiger partial charge in [-0.25, -0.2) is 24.7 Å². The molecule has 7 aromatic rings. The van der Waals surface area contributed by atoms with Gasteiger partial charge < -0.3 is 40.5 Å². The summed E-state index contributed by atoms with van der Waals surface area (Å²) in [4.78, 5) is 77.1. The number of fused-ring (bicyclic) bond motifs is 5. The first kappa shape index (κ1) is 61.1. The molecule has 0 atom stereocenters. The summed E-state index contributed by atoms with van der Waals surface area (Å²) in [6.07, 6.45) is -8.21. The van der Waals surface area contributed by atoms with Crippen LogP contribution >= 0.6 is 46.2 Å². The molecule has 0 saturated carbocycles. The van der Waals surface area contributed by atoms with Crippen LogP contribution in [0.2, 0.25) is 5.15 Å². The van der Waals surface area contributed by atoms with Crippen LogP contribution < -0.4 is 20.9 Å². The van der Waals surface area contributed by atoms with E-state index in [4.69, 9.17) is 16.3 Å². The van der Waals surface area contributed by atoms with Crippen molar-refractivity contribution >= 4 is 97.8 Å². The highest BCUT2D eigenvalue weighted by Gasteiger charge is 2.34. The number of hydrogen-bond donors (Lipinski definition) is 5. The monoisotopic (exact) mass is 1210 g/mol. The van der Waals surface area contributed by atoms with Crippen LogP contribution in [0, 0.1) is 0 Å². The van der Waals surface area contributed by atoms with E-state index in [1.54, 1.807) is 33.2 Å². The highest BCUT2D eigenvalue weighted by molar-refractivity contribution is 7.06. The number of aromatic amines is 2. The van der Waals surface area contributed by atoms with Crippen LogP contribution in [0.1, 0.15) is 116 Å². The number of nitrogens with one attached hydrogen (secondary N) is 5. The van der Waals surface area contributed by atoms with E-state index in [-0.39, 0.29) is 36.6 Å². The minimum atomic E-state index is -4.33. The molecule has 0 aliphatic carbocycles. The lowest BCUT2D eigenvalue weighted by molar-refractivity contribution is -0.135. The van der Waals surface area contributed by atoms with Crippen molar-refractivity contribution in [3.63, 3.8) is 0 Å². The summed E-state index contributed by atoms with van der Waals surface area (Å²) in [6, 6.07) is 3.74. The normalized spacial score (nSPS) is 14.3. The summed E-state index contributed by atoms with van der Waals surface area (Å²) in [7, 11) is 0. The SMILES string of the molecule is CC(C)(C)OC(=O)N1CCc2snc(C(=O)NCCC(F)(F)F)c2C1.Clc1ncnc2[nH]ccc12.O=C(CCCC(F)(F)F)c1nsc2c1CN(c1ncnc3[nH]ccc13)CC2.O=C(NCCC(F)(F)F)c1nsc2c1CNCC2. The Hall–Kier alpha value is -6.57. The van der Waals surface area contributed by atoms with E-state index in [1.165, 1.54) is 40.6 Å². The van der Waals surface area contributed by atoms with E-state index >= 15 is 0 Å². The van der Waals surface area contributed by atoms with Crippen LogP contribution in [0.25, 0.3) is 22.1 Å². The van der Waals surface area contributed by atoms with E-state index in [2.05, 4.69) is 63.9 Å². The Morgan fingerprint density at radius 1 is 0.662 bits per heavy atom. The zero-order valence-electron chi connectivity index (χ0n) is 42.8. The number of amides is 3. The quantitative estimate of drug-likeness (QED) is 0.0460. The largest absolute Gasteiger partial charge is 0.444 e. The maximum Gasteiger partial charge on any atom is 0.410 e. The Bertz CT molecular complexity index is 3260. The number of ether oxygens (including phenoxy) is 1. The molecule has 0 saturated heterocycles. The fourth-order valence-electron chi connectivity index (χ4n) is 8.12. The number of alkyl halides is 9. The molecule has 3 aliphatic heterocycles. The van der Waals surface area contributed by atoms with Gasteiger partial charge in [-0.2, -0.15) is 52.6 Å². The third-order valence-corrected chi connectivity index (χ3v) is 15.0. The number of hydrogen-bond acceptors (Lipinski definition) is 17. The summed E-state index contributed by atoms with van der Waals surface area (Å²) < 4.78 is 127. The molecule has 432 valence electrons. The van der Waals surface area contributed by atoms with E-state index in [0.717, 1.165) is 91.1 Å². The van der Waals surface area contributed by atoms with Gasteiger partial charge in [0.15, 0.2) is 5.78 Å². The molecular formula is C48H52ClF9N14O5S3. The molecule has 0 unspecified atom stereocenters. The zero-order valence-corrected chi connectivity index (χ0v) is 46.1. The molecule has 5 N–H and O–H groups in total. The van der Waals surface area contributed by atoms with Crippen LogP contribution in [0.3, 0.4) is 0 Å². The highest BCUT2D eigenvalue weighted by atomic mass is 35.5. The number of halogens is 10. The Balaban J connectivity index is 0.000000162. The maximum atomic E-state index is 12.4. The van der Waals surface area contributed by atoms with Gasteiger partial charge >= 0.3 is 24.6 Å². The third kappa shape index (κ3) is 17.2. The lowest BCUT2D eigenvalue weighted by Gasteiger charge is -2.30. The molecule has 10 heterocycles. The predicted molar refractivity (Wildman–Crippen MR) is 280 cm³/mol. The van der Waals surface area contributed by atoms with Crippen molar-refractivity contribution in [1.82, 2.24) is 63.9 Å². The fraction of sp³-hybridized carbons (Fsp3) is 0.479. The maximum absolute atomic E-state index is 12.4. The smallest absolute Gasteiger partial charge is 0.410 e. The summed E-state index contributed by atoms with van der Waals surface area (Å²) in [6.45, 7) is 7.52. The van der Waals surface area contributed by atoms with Crippen molar-refractivity contribution < 1.29 is 63.4 Å². The van der Waals surface area contributed by atoms with E-state index in [0.29, 0.717) is 42.5 Å². The highest BCUT2D eigenvalue weighted by Crippen LogP contribution is 2.33. The number of ketones is 1. The number of nitrogens with zero attached hydrogens (tertiary/aromatic N) is 9. The zero-order chi connectivity index (χ0) is 58.0. The molecule has 0 radical (unpaired) electrons. The van der Waals surface area contributed by atoms with Gasteiger partial charge in [-0.15, -0.1) is 0 Å². The minimum absolute atomic E-state index is 0.0791. The van der Waals surface area contributed by atoms with Gasteiger partial charge in [0.25, 0.3) is 11.8 Å².